The number of hydrogen-bond donors (Lipinski definition) is 0. The quantitative estimate of drug-likeness (QED) is 0.517. The Hall–Kier alpha value is 0.757. The van der Waals surface area contributed by atoms with E-state index in [9.17, 15) is 0 Å². The smallest absolute Gasteiger partial charge is 0.220 e. The van der Waals surface area contributed by atoms with Crippen molar-refractivity contribution in [2.24, 2.45) is 5.92 Å². The van der Waals surface area contributed by atoms with Gasteiger partial charge in [-0.25, -0.2) is 0 Å². The zero-order valence-corrected chi connectivity index (χ0v) is 10.7. The lowest BCUT2D eigenvalue weighted by Crippen LogP contribution is -2.38. The average Bonchev–Trinajstić information content (AvgIpc) is 1.85. The Kier molecular flexibility index (Phi) is 5.82. The summed E-state index contributed by atoms with van der Waals surface area (Å²) >= 11 is 11.6. The Labute approximate surface area is 86.5 Å². The van der Waals surface area contributed by atoms with Crippen molar-refractivity contribution in [1.29, 1.82) is 0 Å². The molecule has 0 aliphatic carbocycles. The van der Waals surface area contributed by atoms with Crippen LogP contribution in [0, 0.1) is 5.92 Å². The van der Waals surface area contributed by atoms with E-state index in [0.29, 0.717) is 5.92 Å². The van der Waals surface area contributed by atoms with Crippen LogP contribution in [-0.4, -0.2) is 19.4 Å². The van der Waals surface area contributed by atoms with E-state index >= 15 is 0 Å². The van der Waals surface area contributed by atoms with Gasteiger partial charge in [-0.15, -0.1) is 23.2 Å². The molecule has 0 spiro atoms. The lowest BCUT2D eigenvalue weighted by Gasteiger charge is -2.24. The highest BCUT2D eigenvalue weighted by molar-refractivity contribution is 6.87. The summed E-state index contributed by atoms with van der Waals surface area (Å²) in [5.41, 5.74) is 0. The van der Waals surface area contributed by atoms with Gasteiger partial charge in [-0.1, -0.05) is 13.8 Å². The van der Waals surface area contributed by atoms with Crippen LogP contribution in [0.1, 0.15) is 20.3 Å². The third-order valence-corrected chi connectivity index (χ3v) is 6.85. The maximum Gasteiger partial charge on any atom is 0.220 e. The first kappa shape index (κ1) is 12.8. The minimum absolute atomic E-state index is 0.329. The lowest BCUT2D eigenvalue weighted by molar-refractivity contribution is 0.281. The molecule has 0 aliphatic heterocycles. The van der Waals surface area contributed by atoms with Crippen LogP contribution in [-0.2, 0) is 4.43 Å². The number of hydrogen-bond acceptors (Lipinski definition) is 1. The van der Waals surface area contributed by atoms with Crippen LogP contribution < -0.4 is 0 Å². The van der Waals surface area contributed by atoms with Crippen LogP contribution in [0.5, 0.6) is 0 Å². The van der Waals surface area contributed by atoms with Crippen LogP contribution in [0.15, 0.2) is 0 Å². The summed E-state index contributed by atoms with van der Waals surface area (Å²) in [6, 6.07) is 0. The predicted octanol–water partition coefficient (Wildman–Crippen LogP) is 3.60. The highest BCUT2D eigenvalue weighted by atomic mass is 35.5. The fraction of sp³-hybridized carbons (Fsp3) is 1.00. The summed E-state index contributed by atoms with van der Waals surface area (Å²) < 4.78 is 5.35. The van der Waals surface area contributed by atoms with E-state index < -0.39 is 8.32 Å². The molecule has 0 bridgehead atoms. The first-order chi connectivity index (χ1) is 5.36. The summed E-state index contributed by atoms with van der Waals surface area (Å²) in [6.45, 7) is 9.22. The number of rotatable bonds is 5. The second kappa shape index (κ2) is 5.48. The largest absolute Gasteiger partial charge is 0.415 e. The van der Waals surface area contributed by atoms with E-state index in [2.05, 4.69) is 13.8 Å². The van der Waals surface area contributed by atoms with Crippen molar-refractivity contribution in [3.05, 3.63) is 0 Å². The summed E-state index contributed by atoms with van der Waals surface area (Å²) in [7, 11) is -1.82. The van der Waals surface area contributed by atoms with Gasteiger partial charge in [-0.2, -0.15) is 0 Å². The molecule has 4 heteroatoms. The molecule has 12 heavy (non-hydrogen) atoms. The molecule has 0 aromatic carbocycles. The van der Waals surface area contributed by atoms with Gasteiger partial charge in [0, 0.05) is 6.61 Å². The maximum atomic E-state index is 5.79. The van der Waals surface area contributed by atoms with E-state index in [-0.39, 0.29) is 4.46 Å². The molecule has 1 nitrogen and oxygen atoms in total. The molecule has 0 aliphatic rings. The number of alkyl halides is 2. The number of halogens is 2. The van der Waals surface area contributed by atoms with E-state index in [1.165, 1.54) is 0 Å². The van der Waals surface area contributed by atoms with Gasteiger partial charge in [-0.3, -0.25) is 0 Å². The van der Waals surface area contributed by atoms with Gasteiger partial charge in [-0.05, 0) is 25.4 Å². The van der Waals surface area contributed by atoms with Crippen molar-refractivity contribution in [3.63, 3.8) is 0 Å². The van der Waals surface area contributed by atoms with Crippen molar-refractivity contribution in [1.82, 2.24) is 0 Å². The molecule has 0 aromatic heterocycles. The van der Waals surface area contributed by atoms with Crippen molar-refractivity contribution in [3.8, 4) is 0 Å². The molecular weight excluding hydrogens is 211 g/mol. The van der Waals surface area contributed by atoms with Gasteiger partial charge >= 0.3 is 0 Å². The second-order valence-electron chi connectivity index (χ2n) is 3.94. The first-order valence-electron chi connectivity index (χ1n) is 4.28. The molecule has 74 valence electrons. The molecule has 0 saturated heterocycles. The van der Waals surface area contributed by atoms with Crippen molar-refractivity contribution < 1.29 is 4.43 Å². The van der Waals surface area contributed by atoms with Crippen LogP contribution >= 0.6 is 23.2 Å². The molecule has 0 atom stereocenters. The molecule has 0 aromatic rings. The second-order valence-corrected chi connectivity index (χ2v) is 9.84. The van der Waals surface area contributed by atoms with Gasteiger partial charge in [0.15, 0.2) is 0 Å². The van der Waals surface area contributed by atoms with Gasteiger partial charge in [0.25, 0.3) is 0 Å². The molecule has 0 heterocycles. The van der Waals surface area contributed by atoms with E-state index in [1.807, 2.05) is 13.1 Å². The van der Waals surface area contributed by atoms with Crippen molar-refractivity contribution in [2.45, 2.75) is 37.8 Å². The SMILES string of the molecule is CC(C)CCO[Si](C)(C)C(Cl)Cl. The summed E-state index contributed by atoms with van der Waals surface area (Å²) in [5.74, 6) is 0.680. The molecule has 0 radical (unpaired) electrons. The van der Waals surface area contributed by atoms with Gasteiger partial charge in [0.2, 0.25) is 8.32 Å². The normalized spacial score (nSPS) is 13.0. The molecule has 0 amide bonds. The van der Waals surface area contributed by atoms with Crippen molar-refractivity contribution >= 4 is 31.5 Å². The van der Waals surface area contributed by atoms with E-state index in [4.69, 9.17) is 27.6 Å². The standard InChI is InChI=1S/C8H18Cl2OSi/c1-7(2)5-6-11-12(3,4)8(9)10/h7-8H,5-6H2,1-4H3. The highest BCUT2D eigenvalue weighted by Gasteiger charge is 2.30. The van der Waals surface area contributed by atoms with E-state index in [1.54, 1.807) is 0 Å². The minimum atomic E-state index is -1.82. The third-order valence-electron chi connectivity index (χ3n) is 1.69. The van der Waals surface area contributed by atoms with Crippen LogP contribution in [0.3, 0.4) is 0 Å². The third kappa shape index (κ3) is 5.41. The lowest BCUT2D eigenvalue weighted by atomic mass is 10.2. The molecule has 0 saturated carbocycles. The molecule has 0 rings (SSSR count). The van der Waals surface area contributed by atoms with Crippen LogP contribution in [0.25, 0.3) is 0 Å². The maximum absolute atomic E-state index is 5.79. The fourth-order valence-corrected chi connectivity index (χ4v) is 1.77. The Morgan fingerprint density at radius 2 is 1.75 bits per heavy atom. The van der Waals surface area contributed by atoms with Gasteiger partial charge < -0.3 is 4.43 Å². The first-order valence-corrected chi connectivity index (χ1v) is 8.14. The van der Waals surface area contributed by atoms with Crippen LogP contribution in [0.2, 0.25) is 13.1 Å². The zero-order chi connectivity index (χ0) is 9.78. The summed E-state index contributed by atoms with van der Waals surface area (Å²) in [4.78, 5) is 0. The molecular formula is C8H18Cl2OSi. The molecule has 0 unspecified atom stereocenters. The fourth-order valence-electron chi connectivity index (χ4n) is 0.621. The molecule has 0 fully saturated rings. The highest BCUT2D eigenvalue weighted by Crippen LogP contribution is 2.20. The zero-order valence-electron chi connectivity index (χ0n) is 8.23. The predicted molar refractivity (Wildman–Crippen MR) is 58.4 cm³/mol. The topological polar surface area (TPSA) is 9.23 Å². The average molecular weight is 229 g/mol. The Bertz CT molecular complexity index is 126. The molecule has 0 N–H and O–H groups in total. The van der Waals surface area contributed by atoms with Crippen LogP contribution in [0.4, 0.5) is 0 Å². The van der Waals surface area contributed by atoms with Gasteiger partial charge in [0.1, 0.15) is 4.46 Å². The minimum Gasteiger partial charge on any atom is -0.415 e. The monoisotopic (exact) mass is 228 g/mol. The van der Waals surface area contributed by atoms with Crippen molar-refractivity contribution in [2.75, 3.05) is 6.61 Å². The van der Waals surface area contributed by atoms with Gasteiger partial charge in [0.05, 0.1) is 0 Å². The summed E-state index contributed by atoms with van der Waals surface area (Å²) in [6.07, 6.45) is 1.08. The summed E-state index contributed by atoms with van der Waals surface area (Å²) in [5, 5.41) is 0. The Morgan fingerprint density at radius 1 is 1.25 bits per heavy atom. The van der Waals surface area contributed by atoms with E-state index in [0.717, 1.165) is 13.0 Å². The Balaban J connectivity index is 3.61. The Morgan fingerprint density at radius 3 is 2.08 bits per heavy atom.